The van der Waals surface area contributed by atoms with Crippen LogP contribution in [0.5, 0.6) is 0 Å². The molecule has 0 aromatic carbocycles. The zero-order chi connectivity index (χ0) is 14.0. The summed E-state index contributed by atoms with van der Waals surface area (Å²) in [6.07, 6.45) is 0.936. The molecule has 2 amide bonds. The molecule has 8 heteroatoms. The second-order valence-electron chi connectivity index (χ2n) is 3.25. The Kier molecular flexibility index (Phi) is 8.16. The van der Waals surface area contributed by atoms with Gasteiger partial charge in [0.15, 0.2) is 6.61 Å². The molecule has 0 aromatic heterocycles. The lowest BCUT2D eigenvalue weighted by atomic mass is 10.3. The van der Waals surface area contributed by atoms with Crippen molar-refractivity contribution in [1.82, 2.24) is 10.6 Å². The van der Waals surface area contributed by atoms with Gasteiger partial charge in [-0.3, -0.25) is 4.79 Å². The maximum Gasteiger partial charge on any atom is 0.408 e. The van der Waals surface area contributed by atoms with Gasteiger partial charge in [0, 0.05) is 5.75 Å². The van der Waals surface area contributed by atoms with Gasteiger partial charge < -0.3 is 15.4 Å². The van der Waals surface area contributed by atoms with Crippen molar-refractivity contribution in [3.63, 3.8) is 0 Å². The minimum absolute atomic E-state index is 0.339. The van der Waals surface area contributed by atoms with Crippen LogP contribution in [-0.4, -0.2) is 42.7 Å². The van der Waals surface area contributed by atoms with Gasteiger partial charge in [-0.15, -0.1) is 0 Å². The van der Waals surface area contributed by atoms with E-state index < -0.39 is 24.1 Å². The molecular weight excluding hydrogens is 256 g/mol. The molecule has 98 valence electrons. The Labute approximate surface area is 109 Å². The molecule has 0 spiro atoms. The molecule has 0 rings (SSSR count). The summed E-state index contributed by atoms with van der Waals surface area (Å²) in [7, 11) is 0. The van der Waals surface area contributed by atoms with Gasteiger partial charge in [-0.25, -0.2) is 4.79 Å². The molecule has 0 saturated carbocycles. The number of rotatable bonds is 6. The van der Waals surface area contributed by atoms with Crippen molar-refractivity contribution in [3.05, 3.63) is 0 Å². The van der Waals surface area contributed by atoms with Gasteiger partial charge in [0.25, 0.3) is 0 Å². The maximum absolute atomic E-state index is 11.7. The Morgan fingerprint density at radius 2 is 2.06 bits per heavy atom. The van der Waals surface area contributed by atoms with E-state index in [-0.39, 0.29) is 6.61 Å². The van der Waals surface area contributed by atoms with E-state index in [2.05, 4.69) is 15.4 Å². The van der Waals surface area contributed by atoms with E-state index in [0.29, 0.717) is 5.75 Å². The molecule has 18 heavy (non-hydrogen) atoms. The topological polar surface area (TPSA) is 115 Å². The van der Waals surface area contributed by atoms with Crippen molar-refractivity contribution in [2.75, 3.05) is 18.6 Å². The van der Waals surface area contributed by atoms with Crippen LogP contribution in [0.2, 0.25) is 0 Å². The van der Waals surface area contributed by atoms with Gasteiger partial charge in [0.1, 0.15) is 18.2 Å². The van der Waals surface area contributed by atoms with Gasteiger partial charge in [0.05, 0.1) is 6.07 Å². The minimum atomic E-state index is -0.838. The average Bonchev–Trinajstić information content (AvgIpc) is 2.35. The molecule has 0 heterocycles. The van der Waals surface area contributed by atoms with Crippen LogP contribution in [0.3, 0.4) is 0 Å². The number of carbonyl (C=O) groups is 2. The van der Waals surface area contributed by atoms with Crippen LogP contribution in [0.1, 0.15) is 6.92 Å². The Morgan fingerprint density at radius 1 is 1.39 bits per heavy atom. The Bertz CT molecular complexity index is 374. The Hall–Kier alpha value is -1.93. The number of hydrogen-bond donors (Lipinski definition) is 2. The van der Waals surface area contributed by atoms with Crippen molar-refractivity contribution in [3.8, 4) is 12.1 Å². The molecule has 0 aliphatic carbocycles. The third-order valence-corrected chi connectivity index (χ3v) is 2.43. The molecule has 0 radical (unpaired) electrons. The van der Waals surface area contributed by atoms with Crippen molar-refractivity contribution in [1.29, 1.82) is 10.5 Å². The highest BCUT2D eigenvalue weighted by Crippen LogP contribution is 1.99. The highest BCUT2D eigenvalue weighted by molar-refractivity contribution is 7.98. The lowest BCUT2D eigenvalue weighted by Crippen LogP contribution is -2.50. The monoisotopic (exact) mass is 270 g/mol. The van der Waals surface area contributed by atoms with Crippen LogP contribution in [-0.2, 0) is 9.53 Å². The minimum Gasteiger partial charge on any atom is -0.434 e. The lowest BCUT2D eigenvalue weighted by Gasteiger charge is -2.17. The standard InChI is InChI=1S/C10H14N4O3S/c1-7(5-12)13-9(15)8(6-18-2)14-10(16)17-4-3-11/h7-8H,4,6H2,1-2H3,(H,13,15)(H,14,16). The highest BCUT2D eigenvalue weighted by Gasteiger charge is 2.22. The second kappa shape index (κ2) is 9.14. The molecular formula is C10H14N4O3S. The van der Waals surface area contributed by atoms with Gasteiger partial charge in [-0.1, -0.05) is 0 Å². The summed E-state index contributed by atoms with van der Waals surface area (Å²) in [4.78, 5) is 22.9. The zero-order valence-corrected chi connectivity index (χ0v) is 10.9. The number of alkyl carbamates (subject to hydrolysis) is 1. The second-order valence-corrected chi connectivity index (χ2v) is 4.16. The molecule has 0 aliphatic heterocycles. The summed E-state index contributed by atoms with van der Waals surface area (Å²) in [5.74, 6) is -0.127. The van der Waals surface area contributed by atoms with Gasteiger partial charge in [-0.2, -0.15) is 22.3 Å². The summed E-state index contributed by atoms with van der Waals surface area (Å²) in [5.41, 5.74) is 0. The van der Waals surface area contributed by atoms with Crippen LogP contribution in [0, 0.1) is 22.7 Å². The fourth-order valence-electron chi connectivity index (χ4n) is 0.978. The summed E-state index contributed by atoms with van der Waals surface area (Å²) in [6.45, 7) is 1.15. The fraction of sp³-hybridized carbons (Fsp3) is 0.600. The smallest absolute Gasteiger partial charge is 0.408 e. The van der Waals surface area contributed by atoms with E-state index in [9.17, 15) is 9.59 Å². The average molecular weight is 270 g/mol. The van der Waals surface area contributed by atoms with Crippen molar-refractivity contribution in [2.24, 2.45) is 0 Å². The molecule has 7 nitrogen and oxygen atoms in total. The number of ether oxygens (including phenoxy) is 1. The first kappa shape index (κ1) is 16.1. The zero-order valence-electron chi connectivity index (χ0n) is 10.1. The number of nitrogens with one attached hydrogen (secondary N) is 2. The van der Waals surface area contributed by atoms with Crippen molar-refractivity contribution >= 4 is 23.8 Å². The van der Waals surface area contributed by atoms with Crippen molar-refractivity contribution in [2.45, 2.75) is 19.0 Å². The normalized spacial score (nSPS) is 12.4. The number of amides is 2. The maximum atomic E-state index is 11.7. The molecule has 0 fully saturated rings. The summed E-state index contributed by atoms with van der Waals surface area (Å²) in [5, 5.41) is 21.6. The largest absolute Gasteiger partial charge is 0.434 e. The van der Waals surface area contributed by atoms with Crippen LogP contribution >= 0.6 is 11.8 Å². The fourth-order valence-corrected chi connectivity index (χ4v) is 1.55. The molecule has 0 saturated heterocycles. The van der Waals surface area contributed by atoms with E-state index in [1.807, 2.05) is 6.07 Å². The third kappa shape index (κ3) is 6.61. The Morgan fingerprint density at radius 3 is 2.56 bits per heavy atom. The van der Waals surface area contributed by atoms with E-state index in [1.54, 1.807) is 12.3 Å². The molecule has 2 unspecified atom stereocenters. The van der Waals surface area contributed by atoms with Crippen LogP contribution in [0.4, 0.5) is 4.79 Å². The number of nitriles is 2. The third-order valence-electron chi connectivity index (χ3n) is 1.76. The van der Waals surface area contributed by atoms with Crippen LogP contribution < -0.4 is 10.6 Å². The summed E-state index contributed by atoms with van der Waals surface area (Å²) in [6, 6.07) is 2.05. The Balaban J connectivity index is 4.38. The first-order valence-corrected chi connectivity index (χ1v) is 6.43. The number of carbonyl (C=O) groups excluding carboxylic acids is 2. The van der Waals surface area contributed by atoms with Gasteiger partial charge in [0.2, 0.25) is 5.91 Å². The summed E-state index contributed by atoms with van der Waals surface area (Å²) >= 11 is 1.36. The molecule has 0 aliphatic rings. The quantitative estimate of drug-likeness (QED) is 0.701. The number of nitrogens with zero attached hydrogens (tertiary/aromatic N) is 2. The van der Waals surface area contributed by atoms with Crippen LogP contribution in [0.25, 0.3) is 0 Å². The van der Waals surface area contributed by atoms with Gasteiger partial charge in [-0.05, 0) is 13.2 Å². The predicted molar refractivity (Wildman–Crippen MR) is 65.5 cm³/mol. The van der Waals surface area contributed by atoms with Crippen LogP contribution in [0.15, 0.2) is 0 Å². The molecule has 0 bridgehead atoms. The number of hydrogen-bond acceptors (Lipinski definition) is 6. The van der Waals surface area contributed by atoms with E-state index in [4.69, 9.17) is 10.5 Å². The first-order valence-electron chi connectivity index (χ1n) is 5.04. The lowest BCUT2D eigenvalue weighted by molar-refractivity contribution is -0.122. The highest BCUT2D eigenvalue weighted by atomic mass is 32.2. The van der Waals surface area contributed by atoms with Gasteiger partial charge >= 0.3 is 6.09 Å². The van der Waals surface area contributed by atoms with E-state index in [0.717, 1.165) is 0 Å². The van der Waals surface area contributed by atoms with Crippen molar-refractivity contribution < 1.29 is 14.3 Å². The first-order chi connectivity index (χ1) is 8.54. The summed E-state index contributed by atoms with van der Waals surface area (Å²) < 4.78 is 4.48. The SMILES string of the molecule is CSCC(NC(=O)OCC#N)C(=O)NC(C)C#N. The molecule has 0 aromatic rings. The predicted octanol–water partition coefficient (Wildman–Crippen LogP) is -0.00394. The van der Waals surface area contributed by atoms with E-state index >= 15 is 0 Å². The van der Waals surface area contributed by atoms with E-state index in [1.165, 1.54) is 18.7 Å². The molecule has 2 atom stereocenters. The number of thioether (sulfide) groups is 1. The molecule has 2 N–H and O–H groups in total.